The van der Waals surface area contributed by atoms with Gasteiger partial charge in [-0.05, 0) is 30.2 Å². The maximum atomic E-state index is 9.02. The molecule has 0 amide bonds. The molecule has 0 aliphatic heterocycles. The van der Waals surface area contributed by atoms with Gasteiger partial charge in [0.05, 0.1) is 5.69 Å². The number of rotatable bonds is 4. The summed E-state index contributed by atoms with van der Waals surface area (Å²) in [4.78, 5) is 0. The second kappa shape index (κ2) is 6.17. The van der Waals surface area contributed by atoms with Crippen LogP contribution in [0.3, 0.4) is 0 Å². The van der Waals surface area contributed by atoms with Crippen LogP contribution in [0, 0.1) is 11.3 Å². The Morgan fingerprint density at radius 3 is 2.68 bits per heavy atom. The van der Waals surface area contributed by atoms with E-state index >= 15 is 0 Å². The molecule has 0 unspecified atom stereocenters. The van der Waals surface area contributed by atoms with Gasteiger partial charge in [-0.1, -0.05) is 41.9 Å². The maximum absolute atomic E-state index is 9.02. The number of nitriles is 1. The van der Waals surface area contributed by atoms with Crippen LogP contribution in [0.5, 0.6) is 0 Å². The first-order valence-corrected chi connectivity index (χ1v) is 6.39. The number of nitrogens with zero attached hydrogens (tertiary/aromatic N) is 4. The monoisotopic (exact) mass is 272 g/mol. The molecule has 19 heavy (non-hydrogen) atoms. The summed E-state index contributed by atoms with van der Waals surface area (Å²) in [7, 11) is 0. The summed E-state index contributed by atoms with van der Waals surface area (Å²) >= 11 is 5.83. The standard InChI is InChI=1S/C14H13ClN4/c1-2-9-19-14(13(10-16)17-18-19)8-5-11-3-6-12(15)7-4-11/h3-8H,2,9H2,1H3/b8-5+. The van der Waals surface area contributed by atoms with Crippen LogP contribution in [0.2, 0.25) is 5.02 Å². The number of hydrogen-bond acceptors (Lipinski definition) is 3. The first kappa shape index (κ1) is 13.3. The van der Waals surface area contributed by atoms with Gasteiger partial charge in [-0.15, -0.1) is 5.10 Å². The van der Waals surface area contributed by atoms with Gasteiger partial charge in [-0.25, -0.2) is 4.68 Å². The molecule has 0 spiro atoms. The van der Waals surface area contributed by atoms with Gasteiger partial charge in [0.1, 0.15) is 6.07 Å². The summed E-state index contributed by atoms with van der Waals surface area (Å²) in [5.74, 6) is 0. The van der Waals surface area contributed by atoms with E-state index in [4.69, 9.17) is 16.9 Å². The smallest absolute Gasteiger partial charge is 0.190 e. The zero-order valence-electron chi connectivity index (χ0n) is 10.5. The molecule has 4 nitrogen and oxygen atoms in total. The van der Waals surface area contributed by atoms with E-state index in [1.807, 2.05) is 36.4 Å². The Labute approximate surface area is 116 Å². The van der Waals surface area contributed by atoms with Crippen LogP contribution in [-0.4, -0.2) is 15.0 Å². The molecule has 2 rings (SSSR count). The van der Waals surface area contributed by atoms with Gasteiger partial charge in [0.15, 0.2) is 5.69 Å². The average molecular weight is 273 g/mol. The first-order chi connectivity index (χ1) is 9.24. The molecule has 2 aromatic rings. The highest BCUT2D eigenvalue weighted by molar-refractivity contribution is 6.30. The number of halogens is 1. The molecule has 0 saturated carbocycles. The summed E-state index contributed by atoms with van der Waals surface area (Å²) in [5, 5.41) is 17.6. The number of aromatic nitrogens is 3. The van der Waals surface area contributed by atoms with Gasteiger partial charge < -0.3 is 0 Å². The van der Waals surface area contributed by atoms with Crippen LogP contribution in [0.15, 0.2) is 24.3 Å². The van der Waals surface area contributed by atoms with Gasteiger partial charge in [0.25, 0.3) is 0 Å². The van der Waals surface area contributed by atoms with Crippen molar-refractivity contribution in [1.82, 2.24) is 15.0 Å². The predicted molar refractivity (Wildman–Crippen MR) is 75.4 cm³/mol. The zero-order chi connectivity index (χ0) is 13.7. The largest absolute Gasteiger partial charge is 0.244 e. The van der Waals surface area contributed by atoms with Crippen LogP contribution < -0.4 is 0 Å². The van der Waals surface area contributed by atoms with Crippen LogP contribution in [-0.2, 0) is 6.54 Å². The minimum atomic E-state index is 0.346. The van der Waals surface area contributed by atoms with E-state index in [-0.39, 0.29) is 0 Å². The lowest BCUT2D eigenvalue weighted by atomic mass is 10.2. The Balaban J connectivity index is 2.29. The first-order valence-electron chi connectivity index (χ1n) is 6.02. The molecule has 1 aromatic heterocycles. The number of hydrogen-bond donors (Lipinski definition) is 0. The molecular weight excluding hydrogens is 260 g/mol. The van der Waals surface area contributed by atoms with Gasteiger partial charge >= 0.3 is 0 Å². The van der Waals surface area contributed by atoms with E-state index in [0.29, 0.717) is 10.7 Å². The summed E-state index contributed by atoms with van der Waals surface area (Å²) in [6.07, 6.45) is 4.72. The van der Waals surface area contributed by atoms with E-state index in [9.17, 15) is 0 Å². The fourth-order valence-electron chi connectivity index (χ4n) is 1.69. The molecular formula is C14H13ClN4. The Hall–Kier alpha value is -2.12. The molecule has 0 fully saturated rings. The van der Waals surface area contributed by atoms with Crippen LogP contribution in [0.4, 0.5) is 0 Å². The zero-order valence-corrected chi connectivity index (χ0v) is 11.3. The summed E-state index contributed by atoms with van der Waals surface area (Å²) in [6, 6.07) is 9.54. The SMILES string of the molecule is CCCn1nnc(C#N)c1/C=C/c1ccc(Cl)cc1. The lowest BCUT2D eigenvalue weighted by Gasteiger charge is -2.00. The van der Waals surface area contributed by atoms with Crippen molar-refractivity contribution < 1.29 is 0 Å². The van der Waals surface area contributed by atoms with Crippen molar-refractivity contribution in [2.24, 2.45) is 0 Å². The second-order valence-electron chi connectivity index (χ2n) is 4.04. The van der Waals surface area contributed by atoms with E-state index in [1.165, 1.54) is 0 Å². The minimum absolute atomic E-state index is 0.346. The van der Waals surface area contributed by atoms with Crippen molar-refractivity contribution in [3.8, 4) is 6.07 Å². The van der Waals surface area contributed by atoms with Gasteiger partial charge in [0, 0.05) is 11.6 Å². The molecule has 96 valence electrons. The summed E-state index contributed by atoms with van der Waals surface area (Å²) < 4.78 is 1.74. The molecule has 1 heterocycles. The fraction of sp³-hybridized carbons (Fsp3) is 0.214. The van der Waals surface area contributed by atoms with Crippen molar-refractivity contribution in [2.45, 2.75) is 19.9 Å². The predicted octanol–water partition coefficient (Wildman–Crippen LogP) is 3.38. The normalized spacial score (nSPS) is 10.8. The van der Waals surface area contributed by atoms with Crippen LogP contribution >= 0.6 is 11.6 Å². The average Bonchev–Trinajstić information content (AvgIpc) is 2.81. The van der Waals surface area contributed by atoms with Crippen molar-refractivity contribution in [1.29, 1.82) is 5.26 Å². The van der Waals surface area contributed by atoms with E-state index in [1.54, 1.807) is 4.68 Å². The Morgan fingerprint density at radius 2 is 2.05 bits per heavy atom. The van der Waals surface area contributed by atoms with E-state index < -0.39 is 0 Å². The molecule has 5 heteroatoms. The van der Waals surface area contributed by atoms with Crippen molar-refractivity contribution in [2.75, 3.05) is 0 Å². The third-order valence-corrected chi connectivity index (χ3v) is 2.87. The number of benzene rings is 1. The third-order valence-electron chi connectivity index (χ3n) is 2.62. The number of aryl methyl sites for hydroxylation is 1. The van der Waals surface area contributed by atoms with E-state index in [2.05, 4.69) is 23.3 Å². The highest BCUT2D eigenvalue weighted by atomic mass is 35.5. The molecule has 0 N–H and O–H groups in total. The Morgan fingerprint density at radius 1 is 1.32 bits per heavy atom. The minimum Gasteiger partial charge on any atom is -0.244 e. The van der Waals surface area contributed by atoms with Crippen molar-refractivity contribution in [3.63, 3.8) is 0 Å². The lowest BCUT2D eigenvalue weighted by Crippen LogP contribution is -2.01. The van der Waals surface area contributed by atoms with Crippen LogP contribution in [0.1, 0.15) is 30.3 Å². The molecule has 0 atom stereocenters. The fourth-order valence-corrected chi connectivity index (χ4v) is 1.82. The van der Waals surface area contributed by atoms with Crippen molar-refractivity contribution in [3.05, 3.63) is 46.2 Å². The van der Waals surface area contributed by atoms with E-state index in [0.717, 1.165) is 24.2 Å². The summed E-state index contributed by atoms with van der Waals surface area (Å²) in [5.41, 5.74) is 2.09. The quantitative estimate of drug-likeness (QED) is 0.857. The highest BCUT2D eigenvalue weighted by Gasteiger charge is 2.08. The molecule has 0 aliphatic carbocycles. The molecule has 1 aromatic carbocycles. The van der Waals surface area contributed by atoms with Gasteiger partial charge in [-0.2, -0.15) is 5.26 Å². The maximum Gasteiger partial charge on any atom is 0.190 e. The van der Waals surface area contributed by atoms with Crippen LogP contribution in [0.25, 0.3) is 12.2 Å². The Bertz CT molecular complexity index is 620. The van der Waals surface area contributed by atoms with Gasteiger partial charge in [-0.3, -0.25) is 0 Å². The Kier molecular flexibility index (Phi) is 4.32. The highest BCUT2D eigenvalue weighted by Crippen LogP contribution is 2.14. The van der Waals surface area contributed by atoms with Crippen molar-refractivity contribution >= 4 is 23.8 Å². The summed E-state index contributed by atoms with van der Waals surface area (Å²) in [6.45, 7) is 2.80. The third kappa shape index (κ3) is 3.21. The molecule has 0 bridgehead atoms. The molecule has 0 radical (unpaired) electrons. The second-order valence-corrected chi connectivity index (χ2v) is 4.48. The molecule has 0 saturated heterocycles. The van der Waals surface area contributed by atoms with Gasteiger partial charge in [0.2, 0.25) is 0 Å². The topological polar surface area (TPSA) is 54.5 Å². The lowest BCUT2D eigenvalue weighted by molar-refractivity contribution is 0.575. The molecule has 0 aliphatic rings.